The average molecular weight is 255 g/mol. The molecule has 3 nitrogen and oxygen atoms in total. The first-order chi connectivity index (χ1) is 9.19. The Morgan fingerprint density at radius 2 is 1.53 bits per heavy atom. The second kappa shape index (κ2) is 6.05. The number of hydrogen-bond acceptors (Lipinski definition) is 2. The van der Waals surface area contributed by atoms with Gasteiger partial charge < -0.3 is 10.5 Å². The largest absolute Gasteiger partial charge is 0.497 e. The van der Waals surface area contributed by atoms with E-state index in [2.05, 4.69) is 12.1 Å². The number of carbonyl (C=O) groups is 1. The molecule has 0 heterocycles. The van der Waals surface area contributed by atoms with Crippen LogP contribution < -0.4 is 10.5 Å². The second-order valence-electron chi connectivity index (χ2n) is 4.39. The molecule has 0 aliphatic heterocycles. The third-order valence-corrected chi connectivity index (χ3v) is 3.04. The standard InChI is InChI=1S/C16H17NO2/c1-19-15-9-7-14(8-10-15)13-5-2-12(3-6-13)4-11-16(17)18/h2-3,5-10H,4,11H2,1H3,(H2,17,18). The third-order valence-electron chi connectivity index (χ3n) is 3.04. The van der Waals surface area contributed by atoms with Crippen LogP contribution in [0.4, 0.5) is 0 Å². The van der Waals surface area contributed by atoms with E-state index in [1.165, 1.54) is 0 Å². The molecule has 0 unspecified atom stereocenters. The summed E-state index contributed by atoms with van der Waals surface area (Å²) in [4.78, 5) is 10.7. The highest BCUT2D eigenvalue weighted by molar-refractivity contribution is 5.74. The molecule has 3 heteroatoms. The van der Waals surface area contributed by atoms with E-state index < -0.39 is 0 Å². The average Bonchev–Trinajstić information content (AvgIpc) is 2.46. The molecule has 0 fully saturated rings. The molecule has 0 saturated heterocycles. The van der Waals surface area contributed by atoms with Gasteiger partial charge in [0.1, 0.15) is 5.75 Å². The van der Waals surface area contributed by atoms with Crippen LogP contribution in [0.15, 0.2) is 48.5 Å². The number of methoxy groups -OCH3 is 1. The summed E-state index contributed by atoms with van der Waals surface area (Å²) in [6, 6.07) is 16.1. The van der Waals surface area contributed by atoms with Gasteiger partial charge in [-0.2, -0.15) is 0 Å². The maximum atomic E-state index is 10.7. The highest BCUT2D eigenvalue weighted by Crippen LogP contribution is 2.22. The zero-order valence-electron chi connectivity index (χ0n) is 10.9. The van der Waals surface area contributed by atoms with Crippen molar-refractivity contribution in [2.75, 3.05) is 7.11 Å². The van der Waals surface area contributed by atoms with Crippen LogP contribution in [0.5, 0.6) is 5.75 Å². The topological polar surface area (TPSA) is 52.3 Å². The van der Waals surface area contributed by atoms with Gasteiger partial charge in [-0.1, -0.05) is 36.4 Å². The summed E-state index contributed by atoms with van der Waals surface area (Å²) in [5.74, 6) is 0.584. The van der Waals surface area contributed by atoms with Gasteiger partial charge in [0.25, 0.3) is 0 Å². The Hall–Kier alpha value is -2.29. The van der Waals surface area contributed by atoms with Crippen molar-refractivity contribution < 1.29 is 9.53 Å². The number of hydrogen-bond donors (Lipinski definition) is 1. The van der Waals surface area contributed by atoms with E-state index in [9.17, 15) is 4.79 Å². The van der Waals surface area contributed by atoms with Gasteiger partial charge in [-0.25, -0.2) is 0 Å². The maximum Gasteiger partial charge on any atom is 0.217 e. The summed E-state index contributed by atoms with van der Waals surface area (Å²) >= 11 is 0. The molecule has 98 valence electrons. The zero-order valence-corrected chi connectivity index (χ0v) is 10.9. The number of rotatable bonds is 5. The van der Waals surface area contributed by atoms with Gasteiger partial charge >= 0.3 is 0 Å². The fourth-order valence-corrected chi connectivity index (χ4v) is 1.91. The van der Waals surface area contributed by atoms with E-state index in [0.717, 1.165) is 22.4 Å². The minimum atomic E-state index is -0.265. The molecule has 0 atom stereocenters. The van der Waals surface area contributed by atoms with Crippen LogP contribution in [0.3, 0.4) is 0 Å². The van der Waals surface area contributed by atoms with Gasteiger partial charge in [-0.05, 0) is 35.2 Å². The lowest BCUT2D eigenvalue weighted by molar-refractivity contribution is -0.117. The van der Waals surface area contributed by atoms with Crippen molar-refractivity contribution in [2.24, 2.45) is 5.73 Å². The first-order valence-electron chi connectivity index (χ1n) is 6.21. The minimum Gasteiger partial charge on any atom is -0.497 e. The summed E-state index contributed by atoms with van der Waals surface area (Å²) in [7, 11) is 1.66. The van der Waals surface area contributed by atoms with Crippen LogP contribution in [0.2, 0.25) is 0 Å². The van der Waals surface area contributed by atoms with Crippen molar-refractivity contribution in [1.29, 1.82) is 0 Å². The third kappa shape index (κ3) is 3.58. The normalized spacial score (nSPS) is 10.2. The molecule has 0 aliphatic carbocycles. The van der Waals surface area contributed by atoms with Gasteiger partial charge in [-0.3, -0.25) is 4.79 Å². The molecule has 1 amide bonds. The molecule has 0 saturated carbocycles. The molecule has 2 rings (SSSR count). The van der Waals surface area contributed by atoms with Crippen molar-refractivity contribution in [2.45, 2.75) is 12.8 Å². The molecule has 2 N–H and O–H groups in total. The van der Waals surface area contributed by atoms with E-state index in [0.29, 0.717) is 12.8 Å². The Morgan fingerprint density at radius 1 is 1.00 bits per heavy atom. The predicted molar refractivity (Wildman–Crippen MR) is 75.9 cm³/mol. The van der Waals surface area contributed by atoms with E-state index >= 15 is 0 Å². The molecule has 0 aliphatic rings. The van der Waals surface area contributed by atoms with E-state index in [1.54, 1.807) is 7.11 Å². The number of ether oxygens (including phenoxy) is 1. The Balaban J connectivity index is 2.10. The summed E-state index contributed by atoms with van der Waals surface area (Å²) in [5.41, 5.74) is 8.54. The minimum absolute atomic E-state index is 0.265. The van der Waals surface area contributed by atoms with Crippen LogP contribution in [0.1, 0.15) is 12.0 Å². The Morgan fingerprint density at radius 3 is 2.00 bits per heavy atom. The fourth-order valence-electron chi connectivity index (χ4n) is 1.91. The Kier molecular flexibility index (Phi) is 4.18. The van der Waals surface area contributed by atoms with Gasteiger partial charge in [0.2, 0.25) is 5.91 Å². The van der Waals surface area contributed by atoms with Crippen molar-refractivity contribution in [3.8, 4) is 16.9 Å². The van der Waals surface area contributed by atoms with Crippen LogP contribution in [-0.2, 0) is 11.2 Å². The zero-order chi connectivity index (χ0) is 13.7. The van der Waals surface area contributed by atoms with Crippen molar-refractivity contribution >= 4 is 5.91 Å². The molecular weight excluding hydrogens is 238 g/mol. The lowest BCUT2D eigenvalue weighted by atomic mass is 10.0. The second-order valence-corrected chi connectivity index (χ2v) is 4.39. The first kappa shape index (κ1) is 13.1. The van der Waals surface area contributed by atoms with E-state index in [4.69, 9.17) is 10.5 Å². The van der Waals surface area contributed by atoms with Crippen molar-refractivity contribution in [1.82, 2.24) is 0 Å². The van der Waals surface area contributed by atoms with Crippen LogP contribution in [-0.4, -0.2) is 13.0 Å². The van der Waals surface area contributed by atoms with E-state index in [1.807, 2.05) is 36.4 Å². The van der Waals surface area contributed by atoms with Crippen molar-refractivity contribution in [3.63, 3.8) is 0 Å². The first-order valence-corrected chi connectivity index (χ1v) is 6.21. The summed E-state index contributed by atoms with van der Waals surface area (Å²) in [6.07, 6.45) is 1.08. The van der Waals surface area contributed by atoms with Gasteiger partial charge in [-0.15, -0.1) is 0 Å². The smallest absolute Gasteiger partial charge is 0.217 e. The van der Waals surface area contributed by atoms with Crippen LogP contribution >= 0.6 is 0 Å². The number of benzene rings is 2. The molecule has 19 heavy (non-hydrogen) atoms. The lowest BCUT2D eigenvalue weighted by Crippen LogP contribution is -2.11. The monoisotopic (exact) mass is 255 g/mol. The summed E-state index contributed by atoms with van der Waals surface area (Å²) in [5, 5.41) is 0. The molecule has 0 bridgehead atoms. The van der Waals surface area contributed by atoms with Crippen molar-refractivity contribution in [3.05, 3.63) is 54.1 Å². The van der Waals surface area contributed by atoms with Gasteiger partial charge in [0.15, 0.2) is 0 Å². The molecule has 0 spiro atoms. The Labute approximate surface area is 113 Å². The number of carbonyl (C=O) groups excluding carboxylic acids is 1. The molecule has 2 aromatic rings. The molecule has 2 aromatic carbocycles. The Bertz CT molecular complexity index is 544. The lowest BCUT2D eigenvalue weighted by Gasteiger charge is -2.05. The number of nitrogens with two attached hydrogens (primary N) is 1. The fraction of sp³-hybridized carbons (Fsp3) is 0.188. The predicted octanol–water partition coefficient (Wildman–Crippen LogP) is 2.78. The van der Waals surface area contributed by atoms with Gasteiger partial charge in [0, 0.05) is 6.42 Å². The highest BCUT2D eigenvalue weighted by atomic mass is 16.5. The number of aryl methyl sites for hydroxylation is 1. The molecule has 0 radical (unpaired) electrons. The summed E-state index contributed by atoms with van der Waals surface area (Å²) in [6.45, 7) is 0. The van der Waals surface area contributed by atoms with Crippen LogP contribution in [0, 0.1) is 0 Å². The SMILES string of the molecule is COc1ccc(-c2ccc(CCC(N)=O)cc2)cc1. The number of primary amides is 1. The van der Waals surface area contributed by atoms with Crippen LogP contribution in [0.25, 0.3) is 11.1 Å². The quantitative estimate of drug-likeness (QED) is 0.893. The maximum absolute atomic E-state index is 10.7. The summed E-state index contributed by atoms with van der Waals surface area (Å²) < 4.78 is 5.13. The molecular formula is C16H17NO2. The number of amides is 1. The van der Waals surface area contributed by atoms with Gasteiger partial charge in [0.05, 0.1) is 7.11 Å². The van der Waals surface area contributed by atoms with E-state index in [-0.39, 0.29) is 5.91 Å². The highest BCUT2D eigenvalue weighted by Gasteiger charge is 2.00. The molecule has 0 aromatic heterocycles.